The Labute approximate surface area is 104 Å². The normalized spacial score (nSPS) is 10.7. The van der Waals surface area contributed by atoms with Gasteiger partial charge in [-0.3, -0.25) is 4.98 Å². The van der Waals surface area contributed by atoms with E-state index in [4.69, 9.17) is 5.11 Å². The van der Waals surface area contributed by atoms with Crippen LogP contribution >= 0.6 is 0 Å². The summed E-state index contributed by atoms with van der Waals surface area (Å²) >= 11 is 0. The van der Waals surface area contributed by atoms with Gasteiger partial charge in [0.05, 0.1) is 12.3 Å². The van der Waals surface area contributed by atoms with Crippen molar-refractivity contribution in [1.82, 2.24) is 15.0 Å². The molecule has 2 heterocycles. The number of rotatable bonds is 2. The quantitative estimate of drug-likeness (QED) is 0.742. The molecule has 0 saturated carbocycles. The Bertz CT molecular complexity index is 692. The highest BCUT2D eigenvalue weighted by molar-refractivity contribution is 5.92. The summed E-state index contributed by atoms with van der Waals surface area (Å²) in [7, 11) is 0. The van der Waals surface area contributed by atoms with Gasteiger partial charge in [0.2, 0.25) is 0 Å². The smallest absolute Gasteiger partial charge is 0.179 e. The number of hydrogen-bond acceptors (Lipinski definition) is 4. The molecule has 0 saturated heterocycles. The van der Waals surface area contributed by atoms with E-state index in [1.54, 1.807) is 18.5 Å². The molecular formula is C14H11N3O. The number of hydrogen-bond donors (Lipinski definition) is 1. The fraction of sp³-hybridized carbons (Fsp3) is 0.0714. The van der Waals surface area contributed by atoms with Crippen molar-refractivity contribution in [2.45, 2.75) is 6.61 Å². The summed E-state index contributed by atoms with van der Waals surface area (Å²) in [6.45, 7) is -0.0969. The molecule has 88 valence electrons. The van der Waals surface area contributed by atoms with Gasteiger partial charge in [-0.25, -0.2) is 9.97 Å². The first kappa shape index (κ1) is 10.8. The molecule has 2 aromatic heterocycles. The third kappa shape index (κ3) is 1.83. The van der Waals surface area contributed by atoms with Crippen LogP contribution in [0.4, 0.5) is 0 Å². The number of pyridine rings is 1. The van der Waals surface area contributed by atoms with E-state index in [1.807, 2.05) is 30.3 Å². The molecule has 0 aliphatic carbocycles. The van der Waals surface area contributed by atoms with Crippen LogP contribution in [-0.4, -0.2) is 20.1 Å². The molecule has 0 bridgehead atoms. The van der Waals surface area contributed by atoms with Crippen molar-refractivity contribution in [3.63, 3.8) is 0 Å². The Balaban J connectivity index is 2.24. The molecule has 0 aliphatic rings. The molecule has 0 fully saturated rings. The van der Waals surface area contributed by atoms with Crippen molar-refractivity contribution in [1.29, 1.82) is 0 Å². The lowest BCUT2D eigenvalue weighted by Gasteiger charge is -2.04. The van der Waals surface area contributed by atoms with Crippen molar-refractivity contribution in [2.24, 2.45) is 0 Å². The Morgan fingerprint density at radius 3 is 2.67 bits per heavy atom. The van der Waals surface area contributed by atoms with E-state index < -0.39 is 0 Å². The van der Waals surface area contributed by atoms with Gasteiger partial charge in [-0.1, -0.05) is 24.3 Å². The van der Waals surface area contributed by atoms with Crippen molar-refractivity contribution in [2.75, 3.05) is 0 Å². The van der Waals surface area contributed by atoms with E-state index in [0.717, 1.165) is 16.5 Å². The lowest BCUT2D eigenvalue weighted by molar-refractivity contribution is 0.277. The molecule has 3 rings (SSSR count). The Hall–Kier alpha value is -2.33. The maximum Gasteiger partial charge on any atom is 0.179 e. The monoisotopic (exact) mass is 237 g/mol. The zero-order valence-corrected chi connectivity index (χ0v) is 9.61. The van der Waals surface area contributed by atoms with Crippen LogP contribution in [0.5, 0.6) is 0 Å². The molecule has 3 aromatic rings. The van der Waals surface area contributed by atoms with E-state index in [-0.39, 0.29) is 6.61 Å². The maximum atomic E-state index is 9.11. The minimum atomic E-state index is -0.0969. The zero-order valence-electron chi connectivity index (χ0n) is 9.61. The largest absolute Gasteiger partial charge is 0.390 e. The van der Waals surface area contributed by atoms with Crippen LogP contribution in [0.25, 0.3) is 22.3 Å². The second-order valence-electron chi connectivity index (χ2n) is 3.91. The highest BCUT2D eigenvalue weighted by Crippen LogP contribution is 2.23. The standard InChI is InChI=1S/C14H11N3O/c18-9-11-6-8-16-14(17-11)13-12-4-2-1-3-10(12)5-7-15-13/h1-8,18H,9H2. The fourth-order valence-corrected chi connectivity index (χ4v) is 1.90. The summed E-state index contributed by atoms with van der Waals surface area (Å²) in [4.78, 5) is 12.9. The molecule has 0 atom stereocenters. The van der Waals surface area contributed by atoms with Gasteiger partial charge in [0.1, 0.15) is 5.69 Å². The average Bonchev–Trinajstić information content (AvgIpc) is 2.47. The summed E-state index contributed by atoms with van der Waals surface area (Å²) in [5.41, 5.74) is 1.33. The van der Waals surface area contributed by atoms with Crippen molar-refractivity contribution in [3.05, 3.63) is 54.5 Å². The number of aromatic nitrogens is 3. The van der Waals surface area contributed by atoms with Crippen LogP contribution in [-0.2, 0) is 6.61 Å². The van der Waals surface area contributed by atoms with Crippen LogP contribution in [0.1, 0.15) is 5.69 Å². The van der Waals surface area contributed by atoms with E-state index >= 15 is 0 Å². The number of nitrogens with zero attached hydrogens (tertiary/aromatic N) is 3. The first-order valence-electron chi connectivity index (χ1n) is 5.65. The van der Waals surface area contributed by atoms with E-state index in [9.17, 15) is 0 Å². The van der Waals surface area contributed by atoms with Crippen molar-refractivity contribution in [3.8, 4) is 11.5 Å². The second kappa shape index (κ2) is 4.50. The van der Waals surface area contributed by atoms with Crippen LogP contribution in [0, 0.1) is 0 Å². The minimum Gasteiger partial charge on any atom is -0.390 e. The third-order valence-corrected chi connectivity index (χ3v) is 2.76. The first-order chi connectivity index (χ1) is 8.88. The van der Waals surface area contributed by atoms with Gasteiger partial charge in [0.25, 0.3) is 0 Å². The van der Waals surface area contributed by atoms with Crippen LogP contribution in [0.15, 0.2) is 48.8 Å². The number of aliphatic hydroxyl groups is 1. The fourth-order valence-electron chi connectivity index (χ4n) is 1.90. The molecule has 4 heteroatoms. The Morgan fingerprint density at radius 2 is 1.78 bits per heavy atom. The molecule has 0 radical (unpaired) electrons. The predicted octanol–water partition coefficient (Wildman–Crippen LogP) is 2.18. The van der Waals surface area contributed by atoms with Gasteiger partial charge in [0, 0.05) is 17.8 Å². The maximum absolute atomic E-state index is 9.11. The number of fused-ring (bicyclic) bond motifs is 1. The SMILES string of the molecule is OCc1ccnc(-c2nccc3ccccc23)n1. The van der Waals surface area contributed by atoms with E-state index in [1.165, 1.54) is 0 Å². The topological polar surface area (TPSA) is 58.9 Å². The highest BCUT2D eigenvalue weighted by atomic mass is 16.3. The minimum absolute atomic E-state index is 0.0969. The Morgan fingerprint density at radius 1 is 0.944 bits per heavy atom. The summed E-state index contributed by atoms with van der Waals surface area (Å²) in [5.74, 6) is 0.540. The predicted molar refractivity (Wildman–Crippen MR) is 68.7 cm³/mol. The molecular weight excluding hydrogens is 226 g/mol. The molecule has 1 N–H and O–H groups in total. The van der Waals surface area contributed by atoms with Gasteiger partial charge in [-0.15, -0.1) is 0 Å². The third-order valence-electron chi connectivity index (χ3n) is 2.76. The summed E-state index contributed by atoms with van der Waals surface area (Å²) in [6, 6.07) is 11.6. The van der Waals surface area contributed by atoms with Crippen LogP contribution in [0.2, 0.25) is 0 Å². The molecule has 4 nitrogen and oxygen atoms in total. The van der Waals surface area contributed by atoms with Gasteiger partial charge in [-0.2, -0.15) is 0 Å². The van der Waals surface area contributed by atoms with Gasteiger partial charge in [-0.05, 0) is 17.5 Å². The molecule has 0 spiro atoms. The highest BCUT2D eigenvalue weighted by Gasteiger charge is 2.08. The lowest BCUT2D eigenvalue weighted by Crippen LogP contribution is -1.96. The Kier molecular flexibility index (Phi) is 2.70. The van der Waals surface area contributed by atoms with Crippen LogP contribution in [0.3, 0.4) is 0 Å². The molecule has 0 unspecified atom stereocenters. The molecule has 18 heavy (non-hydrogen) atoms. The number of aliphatic hydroxyl groups excluding tert-OH is 1. The second-order valence-corrected chi connectivity index (χ2v) is 3.91. The number of benzene rings is 1. The first-order valence-corrected chi connectivity index (χ1v) is 5.65. The zero-order chi connectivity index (χ0) is 12.4. The van der Waals surface area contributed by atoms with Gasteiger partial charge in [0.15, 0.2) is 5.82 Å². The summed E-state index contributed by atoms with van der Waals surface area (Å²) in [6.07, 6.45) is 3.38. The van der Waals surface area contributed by atoms with E-state index in [2.05, 4.69) is 15.0 Å². The summed E-state index contributed by atoms with van der Waals surface area (Å²) < 4.78 is 0. The van der Waals surface area contributed by atoms with Gasteiger partial charge >= 0.3 is 0 Å². The molecule has 0 aliphatic heterocycles. The van der Waals surface area contributed by atoms with Crippen LogP contribution < -0.4 is 0 Å². The lowest BCUT2D eigenvalue weighted by atomic mass is 10.1. The van der Waals surface area contributed by atoms with Crippen molar-refractivity contribution >= 4 is 10.8 Å². The van der Waals surface area contributed by atoms with Gasteiger partial charge < -0.3 is 5.11 Å². The average molecular weight is 237 g/mol. The molecule has 1 aromatic carbocycles. The van der Waals surface area contributed by atoms with E-state index in [0.29, 0.717) is 11.5 Å². The van der Waals surface area contributed by atoms with Crippen molar-refractivity contribution < 1.29 is 5.11 Å². The summed E-state index contributed by atoms with van der Waals surface area (Å²) in [5, 5.41) is 11.2. The molecule has 0 amide bonds.